The molecule has 1 amide bonds. The van der Waals surface area contributed by atoms with Crippen molar-refractivity contribution in [1.29, 1.82) is 0 Å². The number of halogens is 5. The van der Waals surface area contributed by atoms with Crippen LogP contribution in [0.5, 0.6) is 5.75 Å². The first-order chi connectivity index (χ1) is 14.7. The van der Waals surface area contributed by atoms with Crippen LogP contribution in [-0.4, -0.2) is 29.0 Å². The number of benzene rings is 1. The minimum Gasteiger partial charge on any atom is -0.495 e. The van der Waals surface area contributed by atoms with Gasteiger partial charge in [0.05, 0.1) is 18.8 Å². The zero-order valence-electron chi connectivity index (χ0n) is 15.8. The summed E-state index contributed by atoms with van der Waals surface area (Å²) in [4.78, 5) is 13.6. The van der Waals surface area contributed by atoms with Crippen LogP contribution < -0.4 is 15.4 Å². The molecule has 0 bridgehead atoms. The summed E-state index contributed by atoms with van der Waals surface area (Å²) in [5, 5.41) is 11.4. The van der Waals surface area contributed by atoms with Gasteiger partial charge in [-0.2, -0.15) is 18.3 Å². The fraction of sp³-hybridized carbons (Fsp3) is 0.263. The maximum atomic E-state index is 13.8. The van der Waals surface area contributed by atoms with Gasteiger partial charge >= 0.3 is 6.18 Å². The molecule has 164 valence electrons. The van der Waals surface area contributed by atoms with Crippen molar-refractivity contribution in [2.45, 2.75) is 24.7 Å². The number of carbonyl (C=O) groups excluding carboxylic acids is 1. The third-order valence-corrected chi connectivity index (χ3v) is 6.39. The van der Waals surface area contributed by atoms with Gasteiger partial charge in [-0.3, -0.25) is 4.79 Å². The number of thiophene rings is 1. The van der Waals surface area contributed by atoms with Crippen molar-refractivity contribution in [3.8, 4) is 5.75 Å². The molecular formula is C19H15Cl2F3N4O2S. The fourth-order valence-corrected chi connectivity index (χ4v) is 4.60. The summed E-state index contributed by atoms with van der Waals surface area (Å²) >= 11 is 13.6. The Morgan fingerprint density at radius 3 is 2.77 bits per heavy atom. The highest BCUT2D eigenvalue weighted by Gasteiger charge is 2.48. The van der Waals surface area contributed by atoms with Crippen molar-refractivity contribution >= 4 is 52.0 Å². The number of alkyl halides is 3. The smallest absolute Gasteiger partial charge is 0.410 e. The molecule has 0 fully saturated rings. The van der Waals surface area contributed by atoms with Crippen LogP contribution in [0, 0.1) is 0 Å². The summed E-state index contributed by atoms with van der Waals surface area (Å²) in [5.41, 5.74) is -0.105. The van der Waals surface area contributed by atoms with Crippen LogP contribution in [0.4, 0.5) is 24.7 Å². The second-order valence-corrected chi connectivity index (χ2v) is 8.55. The average Bonchev–Trinajstić information content (AvgIpc) is 3.35. The number of carbonyl (C=O) groups is 1. The minimum atomic E-state index is -4.58. The fourth-order valence-electron chi connectivity index (χ4n) is 3.37. The molecule has 1 aromatic carbocycles. The molecule has 1 aliphatic heterocycles. The molecule has 3 aromatic rings. The van der Waals surface area contributed by atoms with Crippen molar-refractivity contribution in [2.24, 2.45) is 0 Å². The molecule has 1 aliphatic rings. The summed E-state index contributed by atoms with van der Waals surface area (Å²) in [6.07, 6.45) is -4.86. The molecule has 0 saturated heterocycles. The molecule has 2 atom stereocenters. The van der Waals surface area contributed by atoms with Crippen LogP contribution in [0.15, 0.2) is 35.7 Å². The Balaban J connectivity index is 1.71. The topological polar surface area (TPSA) is 68.2 Å². The lowest BCUT2D eigenvalue weighted by Crippen LogP contribution is -2.35. The van der Waals surface area contributed by atoms with Crippen LogP contribution >= 0.6 is 34.5 Å². The normalized spacial score (nSPS) is 18.3. The second-order valence-electron chi connectivity index (χ2n) is 6.76. The zero-order chi connectivity index (χ0) is 22.3. The Labute approximate surface area is 188 Å². The van der Waals surface area contributed by atoms with E-state index in [2.05, 4.69) is 15.7 Å². The van der Waals surface area contributed by atoms with Gasteiger partial charge in [-0.25, -0.2) is 4.68 Å². The van der Waals surface area contributed by atoms with Gasteiger partial charge in [0.1, 0.15) is 16.6 Å². The van der Waals surface area contributed by atoms with Gasteiger partial charge in [0.25, 0.3) is 5.91 Å². The Morgan fingerprint density at radius 2 is 2.13 bits per heavy atom. The predicted octanol–water partition coefficient (Wildman–Crippen LogP) is 6.17. The van der Waals surface area contributed by atoms with E-state index in [0.29, 0.717) is 10.8 Å². The number of hydrogen-bond donors (Lipinski definition) is 2. The summed E-state index contributed by atoms with van der Waals surface area (Å²) in [6.45, 7) is 0. The summed E-state index contributed by atoms with van der Waals surface area (Å²) < 4.78 is 47.3. The molecule has 2 N–H and O–H groups in total. The number of ether oxygens (including phenoxy) is 1. The van der Waals surface area contributed by atoms with E-state index in [-0.39, 0.29) is 28.6 Å². The Kier molecular flexibility index (Phi) is 5.80. The van der Waals surface area contributed by atoms with Crippen LogP contribution in [0.2, 0.25) is 10.0 Å². The van der Waals surface area contributed by atoms with Crippen molar-refractivity contribution in [3.63, 3.8) is 0 Å². The number of aromatic nitrogens is 2. The van der Waals surface area contributed by atoms with Gasteiger partial charge in [0.2, 0.25) is 0 Å². The largest absolute Gasteiger partial charge is 0.495 e. The summed E-state index contributed by atoms with van der Waals surface area (Å²) in [5.74, 6) is -0.526. The summed E-state index contributed by atoms with van der Waals surface area (Å²) in [7, 11) is 1.41. The van der Waals surface area contributed by atoms with Crippen LogP contribution in [-0.2, 0) is 0 Å². The van der Waals surface area contributed by atoms with E-state index in [4.69, 9.17) is 27.9 Å². The monoisotopic (exact) mass is 490 g/mol. The highest BCUT2D eigenvalue weighted by atomic mass is 35.5. The van der Waals surface area contributed by atoms with Gasteiger partial charge in [-0.1, -0.05) is 29.3 Å². The van der Waals surface area contributed by atoms with Gasteiger partial charge < -0.3 is 15.4 Å². The van der Waals surface area contributed by atoms with E-state index in [0.717, 1.165) is 9.56 Å². The van der Waals surface area contributed by atoms with E-state index in [1.54, 1.807) is 29.6 Å². The average molecular weight is 491 g/mol. The van der Waals surface area contributed by atoms with Gasteiger partial charge in [0, 0.05) is 16.3 Å². The van der Waals surface area contributed by atoms with Crippen molar-refractivity contribution in [3.05, 3.63) is 56.3 Å². The SMILES string of the molecule is COc1ccc(Cl)cc1NC(=O)c1nn2c(c1Cl)NC(c1cccs1)CC2C(F)(F)F. The Morgan fingerprint density at radius 1 is 1.35 bits per heavy atom. The molecule has 3 heterocycles. The number of nitrogens with zero attached hydrogens (tertiary/aromatic N) is 2. The molecule has 0 saturated carbocycles. The van der Waals surface area contributed by atoms with E-state index >= 15 is 0 Å². The molecule has 31 heavy (non-hydrogen) atoms. The van der Waals surface area contributed by atoms with Crippen molar-refractivity contribution < 1.29 is 22.7 Å². The van der Waals surface area contributed by atoms with E-state index in [9.17, 15) is 18.0 Å². The van der Waals surface area contributed by atoms with Gasteiger partial charge in [0.15, 0.2) is 11.7 Å². The number of anilines is 2. The number of fused-ring (bicyclic) bond motifs is 1. The zero-order valence-corrected chi connectivity index (χ0v) is 18.2. The maximum absolute atomic E-state index is 13.8. The molecule has 12 heteroatoms. The van der Waals surface area contributed by atoms with Crippen LogP contribution in [0.25, 0.3) is 0 Å². The van der Waals surface area contributed by atoms with E-state index in [1.165, 1.54) is 24.5 Å². The lowest BCUT2D eigenvalue weighted by molar-refractivity contribution is -0.173. The molecular weight excluding hydrogens is 476 g/mol. The Hall–Kier alpha value is -2.43. The van der Waals surface area contributed by atoms with Crippen LogP contribution in [0.1, 0.15) is 33.9 Å². The third kappa shape index (κ3) is 4.19. The van der Waals surface area contributed by atoms with Gasteiger partial charge in [-0.05, 0) is 29.6 Å². The first kappa shape index (κ1) is 21.8. The second kappa shape index (κ2) is 8.25. The first-order valence-electron chi connectivity index (χ1n) is 8.98. The Bertz CT molecular complexity index is 1120. The number of rotatable bonds is 4. The molecule has 6 nitrogen and oxygen atoms in total. The molecule has 0 spiro atoms. The van der Waals surface area contributed by atoms with E-state index in [1.807, 2.05) is 0 Å². The molecule has 4 rings (SSSR count). The molecule has 2 aromatic heterocycles. The first-order valence-corrected chi connectivity index (χ1v) is 10.6. The highest BCUT2D eigenvalue weighted by Crippen LogP contribution is 2.47. The van der Waals surface area contributed by atoms with Gasteiger partial charge in [-0.15, -0.1) is 11.3 Å². The lowest BCUT2D eigenvalue weighted by atomic mass is 10.0. The lowest BCUT2D eigenvalue weighted by Gasteiger charge is -2.32. The quantitative estimate of drug-likeness (QED) is 0.458. The number of nitrogens with one attached hydrogen (secondary N) is 2. The standard InChI is InChI=1S/C19H15Cl2F3N4O2S/c1-30-12-5-4-9(20)7-10(12)26-18(29)16-15(21)17-25-11(13-3-2-6-31-13)8-14(19(22,23)24)28(17)27-16/h2-7,11,14,25H,8H2,1H3,(H,26,29). The van der Waals surface area contributed by atoms with E-state index < -0.39 is 24.2 Å². The minimum absolute atomic E-state index is 0.0585. The van der Waals surface area contributed by atoms with Crippen molar-refractivity contribution in [2.75, 3.05) is 17.7 Å². The maximum Gasteiger partial charge on any atom is 0.410 e. The molecule has 0 aliphatic carbocycles. The van der Waals surface area contributed by atoms with Crippen LogP contribution in [0.3, 0.4) is 0 Å². The number of amides is 1. The number of hydrogen-bond acceptors (Lipinski definition) is 5. The molecule has 0 radical (unpaired) electrons. The molecule has 2 unspecified atom stereocenters. The summed E-state index contributed by atoms with van der Waals surface area (Å²) in [6, 6.07) is 5.52. The van der Waals surface area contributed by atoms with Crippen molar-refractivity contribution in [1.82, 2.24) is 9.78 Å². The predicted molar refractivity (Wildman–Crippen MR) is 114 cm³/mol. The third-order valence-electron chi connectivity index (χ3n) is 4.81. The number of methoxy groups -OCH3 is 1. The highest BCUT2D eigenvalue weighted by molar-refractivity contribution is 7.10.